The maximum absolute atomic E-state index is 13.9. The normalized spacial score (nSPS) is 20.2. The van der Waals surface area contributed by atoms with Crippen molar-refractivity contribution in [1.82, 2.24) is 25.8 Å². The van der Waals surface area contributed by atoms with Crippen LogP contribution in [-0.2, 0) is 43.5 Å². The molecule has 0 unspecified atom stereocenters. The summed E-state index contributed by atoms with van der Waals surface area (Å²) in [5, 5.41) is 16.8. The molecule has 6 atom stereocenters. The molecule has 3 aromatic carbocycles. The Morgan fingerprint density at radius 1 is 0.662 bits per heavy atom. The minimum atomic E-state index is -1.31. The molecule has 3 fully saturated rings. The van der Waals surface area contributed by atoms with E-state index in [-0.39, 0.29) is 105 Å². The van der Waals surface area contributed by atoms with E-state index in [2.05, 4.69) is 16.0 Å². The van der Waals surface area contributed by atoms with Crippen molar-refractivity contribution in [3.05, 3.63) is 104 Å². The first-order chi connectivity index (χ1) is 32.1. The predicted molar refractivity (Wildman–Crippen MR) is 261 cm³/mol. The van der Waals surface area contributed by atoms with Crippen LogP contribution in [0.3, 0.4) is 0 Å². The zero-order chi connectivity index (χ0) is 52.0. The third-order valence-corrected chi connectivity index (χ3v) is 10.8. The minimum Gasteiger partial charge on any atom is -0.480 e. The number of benzene rings is 3. The van der Waals surface area contributed by atoms with Gasteiger partial charge in [-0.05, 0) is 59.7 Å². The number of carbonyl (C=O) groups is 5. The lowest BCUT2D eigenvalue weighted by atomic mass is 10.1. The fraction of sp³-hybridized carbons (Fsp3) is 0.511. The highest BCUT2D eigenvalue weighted by Crippen LogP contribution is 2.26. The fourth-order valence-electron chi connectivity index (χ4n) is 6.67. The molecule has 6 N–H and O–H groups in total. The molecule has 71 heavy (non-hydrogen) atoms. The number of halogens is 10. The molecule has 0 saturated carbocycles. The van der Waals surface area contributed by atoms with E-state index in [1.54, 1.807) is 71.9 Å². The first-order valence-electron chi connectivity index (χ1n) is 21.5. The number of amides is 4. The molecule has 6 rings (SSSR count). The number of carboxylic acids is 1. The molecule has 3 aliphatic rings. The van der Waals surface area contributed by atoms with E-state index in [0.717, 1.165) is 9.80 Å². The Labute approximate surface area is 431 Å². The molecule has 4 amide bonds. The molecular weight excluding hydrogens is 1030 g/mol. The lowest BCUT2D eigenvalue weighted by Crippen LogP contribution is -2.47. The summed E-state index contributed by atoms with van der Waals surface area (Å²) in [6.45, 7) is 9.94. The van der Waals surface area contributed by atoms with Crippen LogP contribution in [0, 0.1) is 17.5 Å². The van der Waals surface area contributed by atoms with Crippen LogP contribution >= 0.6 is 47.2 Å². The topological polar surface area (TPSA) is 193 Å². The van der Waals surface area contributed by atoms with Crippen molar-refractivity contribution >= 4 is 77.2 Å². The maximum atomic E-state index is 13.9. The van der Waals surface area contributed by atoms with Crippen LogP contribution in [-0.4, -0.2) is 112 Å². The van der Waals surface area contributed by atoms with Gasteiger partial charge in [0, 0.05) is 62.1 Å². The molecule has 0 radical (unpaired) electrons. The first-order valence-corrected chi connectivity index (χ1v) is 22.7. The van der Waals surface area contributed by atoms with Gasteiger partial charge in [0.25, 0.3) is 0 Å². The average Bonchev–Trinajstić information content (AvgIpc) is 4.00. The number of hydrogen-bond donors (Lipinski definition) is 5. The first kappa shape index (κ1) is 64.3. The maximum Gasteiger partial charge on any atom is 0.411 e. The van der Waals surface area contributed by atoms with Crippen LogP contribution in [0.1, 0.15) is 84.9 Å². The number of nitrogens with two attached hydrogens (primary N) is 1. The molecule has 0 bridgehead atoms. The van der Waals surface area contributed by atoms with Crippen molar-refractivity contribution in [3.8, 4) is 0 Å². The molecule has 3 heterocycles. The SMILES string of the molecule is C.CC(C)(C)OC(=O)N1C[C@H](F)C[C@H]1C(=O)NCc1cccc(Cl)c1F.CC(C)(C)OC(=O)N1C[C@H](F)C[C@H]1C(=O)O.Cl.NCc1cccc(Cl)c1F.O=C(NCc1cccc(Cl)c1F)[C@@H]1C[C@@H](F)CN1. The van der Waals surface area contributed by atoms with E-state index in [1.165, 1.54) is 24.3 Å². The van der Waals surface area contributed by atoms with Crippen LogP contribution in [0.4, 0.5) is 35.9 Å². The zero-order valence-corrected chi connectivity index (χ0v) is 42.2. The van der Waals surface area contributed by atoms with Gasteiger partial charge in [-0.25, -0.2) is 40.7 Å². The summed E-state index contributed by atoms with van der Waals surface area (Å²) in [6, 6.07) is 11.2. The Bertz CT molecular complexity index is 2260. The second-order valence-corrected chi connectivity index (χ2v) is 19.1. The van der Waals surface area contributed by atoms with E-state index >= 15 is 0 Å². The highest BCUT2D eigenvalue weighted by Gasteiger charge is 2.43. The van der Waals surface area contributed by atoms with Crippen molar-refractivity contribution in [1.29, 1.82) is 0 Å². The molecule has 24 heteroatoms. The van der Waals surface area contributed by atoms with Gasteiger partial charge < -0.3 is 36.3 Å². The van der Waals surface area contributed by atoms with E-state index in [0.29, 0.717) is 11.1 Å². The summed E-state index contributed by atoms with van der Waals surface area (Å²) >= 11 is 16.8. The highest BCUT2D eigenvalue weighted by atomic mass is 35.5. The number of ether oxygens (including phenoxy) is 2. The van der Waals surface area contributed by atoms with E-state index in [1.807, 2.05) is 0 Å². The summed E-state index contributed by atoms with van der Waals surface area (Å²) in [4.78, 5) is 60.6. The lowest BCUT2D eigenvalue weighted by molar-refractivity contribution is -0.142. The molecule has 3 saturated heterocycles. The number of carboxylic acid groups (broad SMARTS) is 1. The fourth-order valence-corrected chi connectivity index (χ4v) is 7.25. The minimum absolute atomic E-state index is 0. The largest absolute Gasteiger partial charge is 0.480 e. The average molecular weight is 1090 g/mol. The van der Waals surface area contributed by atoms with Crippen LogP contribution in [0.5, 0.6) is 0 Å². The number of nitrogens with one attached hydrogen (secondary N) is 3. The number of aliphatic carboxylic acids is 1. The number of alkyl halides is 3. The third kappa shape index (κ3) is 20.7. The summed E-state index contributed by atoms with van der Waals surface area (Å²) in [7, 11) is 0. The van der Waals surface area contributed by atoms with Crippen LogP contribution < -0.4 is 21.7 Å². The van der Waals surface area contributed by atoms with Gasteiger partial charge in [-0.2, -0.15) is 0 Å². The summed E-state index contributed by atoms with van der Waals surface area (Å²) in [6.07, 6.45) is -5.27. The van der Waals surface area contributed by atoms with Crippen LogP contribution in [0.15, 0.2) is 54.6 Å². The van der Waals surface area contributed by atoms with Gasteiger partial charge in [-0.15, -0.1) is 12.4 Å². The predicted octanol–water partition coefficient (Wildman–Crippen LogP) is 9.65. The molecule has 0 aliphatic carbocycles. The van der Waals surface area contributed by atoms with E-state index in [9.17, 15) is 50.3 Å². The Morgan fingerprint density at radius 2 is 1.04 bits per heavy atom. The summed E-state index contributed by atoms with van der Waals surface area (Å²) < 4.78 is 90.1. The van der Waals surface area contributed by atoms with Gasteiger partial charge >= 0.3 is 18.2 Å². The second-order valence-electron chi connectivity index (χ2n) is 17.9. The number of hydrogen-bond acceptors (Lipinski definition) is 9. The molecular formula is C47H62Cl4F6N6O8. The van der Waals surface area contributed by atoms with Gasteiger partial charge in [-0.3, -0.25) is 19.4 Å². The van der Waals surface area contributed by atoms with E-state index < -0.39 is 89.4 Å². The molecule has 3 aromatic rings. The molecule has 0 spiro atoms. The van der Waals surface area contributed by atoms with Crippen LogP contribution in [0.2, 0.25) is 15.1 Å². The Morgan fingerprint density at radius 3 is 1.41 bits per heavy atom. The van der Waals surface area contributed by atoms with Crippen molar-refractivity contribution in [2.45, 2.75) is 136 Å². The molecule has 398 valence electrons. The van der Waals surface area contributed by atoms with E-state index in [4.69, 9.17) is 55.1 Å². The van der Waals surface area contributed by atoms with Gasteiger partial charge in [0.15, 0.2) is 0 Å². The smallest absolute Gasteiger partial charge is 0.411 e. The zero-order valence-electron chi connectivity index (χ0n) is 39.1. The van der Waals surface area contributed by atoms with Crippen molar-refractivity contribution in [2.24, 2.45) is 5.73 Å². The quantitative estimate of drug-likeness (QED) is 0.136. The molecule has 0 aromatic heterocycles. The van der Waals surface area contributed by atoms with Gasteiger partial charge in [0.2, 0.25) is 11.8 Å². The molecule has 14 nitrogen and oxygen atoms in total. The Balaban J connectivity index is 0.000000489. The standard InChI is InChI=1S/C17H21ClF2N2O3.C12H13ClF2N2O.C10H16FNO4.C7H7ClFN.CH4.ClH/c1-17(2,3)25-16(24)22-9-11(19)7-13(22)15(23)21-8-10-5-4-6-12(18)14(10)20;13-9-3-1-2-7(11(9)15)5-17-12(18)10-4-8(14)6-16-10;1-10(2,3)16-9(15)12-5-6(11)4-7(12)8(13)14;8-6-3-1-2-5(4-10)7(6)9;;/h4-6,11,13H,7-9H2,1-3H3,(H,21,23);1-3,8,10,16H,4-6H2,(H,17,18);6-7H,4-5H2,1-3H3,(H,13,14);1-3H,4,10H2;1H4;1H/t11-,13+;8-,10+;6-,7+;;;/m111.../s1. The lowest BCUT2D eigenvalue weighted by Gasteiger charge is -2.27. The van der Waals surface area contributed by atoms with Gasteiger partial charge in [-0.1, -0.05) is 78.6 Å². The summed E-state index contributed by atoms with van der Waals surface area (Å²) in [5.74, 6) is -3.66. The second kappa shape index (κ2) is 29.1. The third-order valence-electron chi connectivity index (χ3n) is 9.96. The monoisotopic (exact) mass is 1090 g/mol. The summed E-state index contributed by atoms with van der Waals surface area (Å²) in [5.41, 5.74) is 4.72. The Hall–Kier alpha value is -4.73. The van der Waals surface area contributed by atoms with Crippen molar-refractivity contribution < 1.29 is 64.9 Å². The number of nitrogens with zero attached hydrogens (tertiary/aromatic N) is 2. The van der Waals surface area contributed by atoms with Crippen molar-refractivity contribution in [3.63, 3.8) is 0 Å². The van der Waals surface area contributed by atoms with Gasteiger partial charge in [0.05, 0.1) is 34.2 Å². The number of rotatable bonds is 8. The van der Waals surface area contributed by atoms with Crippen molar-refractivity contribution in [2.75, 3.05) is 19.6 Å². The Kier molecular flexibility index (Phi) is 26.3. The highest BCUT2D eigenvalue weighted by molar-refractivity contribution is 6.31. The van der Waals surface area contributed by atoms with Gasteiger partial charge in [0.1, 0.15) is 59.3 Å². The van der Waals surface area contributed by atoms with Crippen LogP contribution in [0.25, 0.3) is 0 Å². The number of likely N-dealkylation sites (tertiary alicyclic amines) is 2. The number of carbonyl (C=O) groups excluding carboxylic acids is 4. The molecule has 3 aliphatic heterocycles.